The van der Waals surface area contributed by atoms with Crippen molar-refractivity contribution in [3.05, 3.63) is 0 Å². The van der Waals surface area contributed by atoms with Gasteiger partial charge in [-0.2, -0.15) is 5.26 Å². The van der Waals surface area contributed by atoms with Crippen LogP contribution in [0, 0.1) is 11.5 Å². The second kappa shape index (κ2) is 10.6. The monoisotopic (exact) mass is 356 g/mol. The largest absolute Gasteiger partial charge is 0.444 e. The molecular formula is C17H32N4O4. The van der Waals surface area contributed by atoms with Crippen molar-refractivity contribution >= 4 is 12.2 Å². The Morgan fingerprint density at radius 2 is 1.24 bits per heavy atom. The number of rotatable bonds is 8. The van der Waals surface area contributed by atoms with Gasteiger partial charge < -0.3 is 25.0 Å². The molecule has 0 aromatic rings. The van der Waals surface area contributed by atoms with Crippen LogP contribution in [0.25, 0.3) is 0 Å². The van der Waals surface area contributed by atoms with E-state index in [4.69, 9.17) is 14.7 Å². The van der Waals surface area contributed by atoms with Crippen LogP contribution in [0.5, 0.6) is 0 Å². The van der Waals surface area contributed by atoms with Crippen molar-refractivity contribution in [2.75, 3.05) is 26.2 Å². The zero-order valence-electron chi connectivity index (χ0n) is 16.3. The van der Waals surface area contributed by atoms with Crippen molar-refractivity contribution < 1.29 is 19.1 Å². The molecule has 0 radical (unpaired) electrons. The molecule has 0 bridgehead atoms. The molecule has 144 valence electrons. The van der Waals surface area contributed by atoms with Crippen LogP contribution in [0.15, 0.2) is 0 Å². The molecule has 0 aliphatic rings. The Bertz CT molecular complexity index is 425. The van der Waals surface area contributed by atoms with Crippen LogP contribution in [-0.2, 0) is 9.47 Å². The van der Waals surface area contributed by atoms with Crippen LogP contribution in [-0.4, -0.2) is 54.5 Å². The van der Waals surface area contributed by atoms with Gasteiger partial charge in [-0.3, -0.25) is 0 Å². The molecular weight excluding hydrogens is 324 g/mol. The van der Waals surface area contributed by atoms with Crippen molar-refractivity contribution in [1.29, 1.82) is 5.26 Å². The van der Waals surface area contributed by atoms with Gasteiger partial charge in [0.25, 0.3) is 0 Å². The summed E-state index contributed by atoms with van der Waals surface area (Å²) < 4.78 is 10.3. The van der Waals surface area contributed by atoms with E-state index >= 15 is 0 Å². The predicted molar refractivity (Wildman–Crippen MR) is 94.9 cm³/mol. The smallest absolute Gasteiger partial charge is 0.407 e. The molecule has 0 atom stereocenters. The first-order valence-electron chi connectivity index (χ1n) is 8.51. The molecule has 0 heterocycles. The number of ether oxygens (including phenoxy) is 2. The third-order valence-electron chi connectivity index (χ3n) is 2.69. The van der Waals surface area contributed by atoms with E-state index in [9.17, 15) is 9.59 Å². The molecule has 0 aliphatic carbocycles. The number of alkyl carbamates (subject to hydrolysis) is 2. The van der Waals surface area contributed by atoms with Crippen LogP contribution < -0.4 is 10.6 Å². The fourth-order valence-corrected chi connectivity index (χ4v) is 1.76. The topological polar surface area (TPSA) is 104 Å². The van der Waals surface area contributed by atoms with E-state index in [1.54, 1.807) is 46.4 Å². The summed E-state index contributed by atoms with van der Waals surface area (Å²) in [4.78, 5) is 24.6. The Balaban J connectivity index is 3.82. The van der Waals surface area contributed by atoms with Gasteiger partial charge in [0.15, 0.2) is 6.19 Å². The average Bonchev–Trinajstić information content (AvgIpc) is 2.41. The Hall–Kier alpha value is -2.17. The molecule has 0 rings (SSSR count). The normalized spacial score (nSPS) is 11.2. The number of amides is 2. The minimum Gasteiger partial charge on any atom is -0.444 e. The van der Waals surface area contributed by atoms with Gasteiger partial charge in [-0.15, -0.1) is 0 Å². The van der Waals surface area contributed by atoms with E-state index < -0.39 is 23.4 Å². The maximum Gasteiger partial charge on any atom is 0.407 e. The minimum absolute atomic E-state index is 0.434. The average molecular weight is 356 g/mol. The molecule has 0 aliphatic heterocycles. The van der Waals surface area contributed by atoms with Crippen molar-refractivity contribution in [1.82, 2.24) is 15.5 Å². The summed E-state index contributed by atoms with van der Waals surface area (Å²) in [5, 5.41) is 14.4. The first-order chi connectivity index (χ1) is 11.4. The summed E-state index contributed by atoms with van der Waals surface area (Å²) in [7, 11) is 0. The number of carbonyl (C=O) groups is 2. The zero-order valence-corrected chi connectivity index (χ0v) is 16.3. The van der Waals surface area contributed by atoms with E-state index in [1.165, 1.54) is 0 Å². The standard InChI is InChI=1S/C17H32N4O4/c1-16(2,3)24-14(22)19-9-7-11-21(13-18)12-8-10-20-15(23)25-17(4,5)6/h7-12H2,1-6H3,(H,19,22)(H,20,23). The van der Waals surface area contributed by atoms with Gasteiger partial charge in [0.2, 0.25) is 0 Å². The molecule has 0 spiro atoms. The summed E-state index contributed by atoms with van der Waals surface area (Å²) >= 11 is 0. The molecule has 0 saturated heterocycles. The van der Waals surface area contributed by atoms with E-state index in [2.05, 4.69) is 16.8 Å². The highest BCUT2D eigenvalue weighted by molar-refractivity contribution is 5.67. The fraction of sp³-hybridized carbons (Fsp3) is 0.824. The molecule has 0 aromatic heterocycles. The summed E-state index contributed by atoms with van der Waals surface area (Å²) in [6.45, 7) is 12.7. The Labute approximate surface area is 150 Å². The first-order valence-corrected chi connectivity index (χ1v) is 8.51. The predicted octanol–water partition coefficient (Wildman–Crippen LogP) is 2.60. The lowest BCUT2D eigenvalue weighted by Crippen LogP contribution is -2.35. The quantitative estimate of drug-likeness (QED) is 0.393. The Kier molecular flexibility index (Phi) is 9.72. The van der Waals surface area contributed by atoms with Crippen molar-refractivity contribution in [3.8, 4) is 6.19 Å². The van der Waals surface area contributed by atoms with Crippen LogP contribution in [0.4, 0.5) is 9.59 Å². The third-order valence-corrected chi connectivity index (χ3v) is 2.69. The Morgan fingerprint density at radius 1 is 0.880 bits per heavy atom. The number of nitrogens with one attached hydrogen (secondary N) is 2. The summed E-state index contributed by atoms with van der Waals surface area (Å²) in [5.74, 6) is 0. The Morgan fingerprint density at radius 3 is 1.52 bits per heavy atom. The SMILES string of the molecule is CC(C)(C)OC(=O)NCCCN(C#N)CCCNC(=O)OC(C)(C)C. The first kappa shape index (κ1) is 22.8. The van der Waals surface area contributed by atoms with Crippen molar-refractivity contribution in [2.45, 2.75) is 65.6 Å². The van der Waals surface area contributed by atoms with Gasteiger partial charge >= 0.3 is 12.2 Å². The summed E-state index contributed by atoms with van der Waals surface area (Å²) in [5.41, 5.74) is -1.05. The molecule has 8 heteroatoms. The van der Waals surface area contributed by atoms with Crippen LogP contribution in [0.2, 0.25) is 0 Å². The molecule has 0 fully saturated rings. The molecule has 0 saturated carbocycles. The number of hydrogen-bond acceptors (Lipinski definition) is 6. The molecule has 8 nitrogen and oxygen atoms in total. The van der Waals surface area contributed by atoms with E-state index in [0.717, 1.165) is 0 Å². The summed E-state index contributed by atoms with van der Waals surface area (Å²) in [6, 6.07) is 0. The lowest BCUT2D eigenvalue weighted by molar-refractivity contribution is 0.0516. The second-order valence-corrected chi connectivity index (χ2v) is 7.65. The van der Waals surface area contributed by atoms with Crippen molar-refractivity contribution in [3.63, 3.8) is 0 Å². The highest BCUT2D eigenvalue weighted by atomic mass is 16.6. The van der Waals surface area contributed by atoms with Crippen LogP contribution in [0.1, 0.15) is 54.4 Å². The highest BCUT2D eigenvalue weighted by Gasteiger charge is 2.16. The van der Waals surface area contributed by atoms with Gasteiger partial charge in [0.1, 0.15) is 11.2 Å². The maximum atomic E-state index is 11.5. The lowest BCUT2D eigenvalue weighted by atomic mass is 10.2. The molecule has 2 amide bonds. The minimum atomic E-state index is -0.524. The second-order valence-electron chi connectivity index (χ2n) is 7.65. The van der Waals surface area contributed by atoms with Gasteiger partial charge in [-0.1, -0.05) is 0 Å². The van der Waals surface area contributed by atoms with E-state index in [-0.39, 0.29) is 0 Å². The van der Waals surface area contributed by atoms with Crippen LogP contribution >= 0.6 is 0 Å². The molecule has 0 aromatic carbocycles. The highest BCUT2D eigenvalue weighted by Crippen LogP contribution is 2.07. The molecule has 2 N–H and O–H groups in total. The van der Waals surface area contributed by atoms with Gasteiger partial charge in [0.05, 0.1) is 0 Å². The van der Waals surface area contributed by atoms with E-state index in [1.807, 2.05) is 0 Å². The number of carbonyl (C=O) groups excluding carboxylic acids is 2. The summed E-state index contributed by atoms with van der Waals surface area (Å²) in [6.07, 6.45) is 2.44. The zero-order chi connectivity index (χ0) is 19.5. The maximum absolute atomic E-state index is 11.5. The van der Waals surface area contributed by atoms with Gasteiger partial charge in [-0.05, 0) is 54.4 Å². The molecule has 0 unspecified atom stereocenters. The van der Waals surface area contributed by atoms with Crippen molar-refractivity contribution in [2.24, 2.45) is 0 Å². The van der Waals surface area contributed by atoms with E-state index in [0.29, 0.717) is 39.0 Å². The number of nitriles is 1. The van der Waals surface area contributed by atoms with Gasteiger partial charge in [0, 0.05) is 26.2 Å². The molecule has 25 heavy (non-hydrogen) atoms. The number of nitrogens with zero attached hydrogens (tertiary/aromatic N) is 2. The van der Waals surface area contributed by atoms with Crippen LogP contribution in [0.3, 0.4) is 0 Å². The van der Waals surface area contributed by atoms with Gasteiger partial charge in [-0.25, -0.2) is 9.59 Å². The lowest BCUT2D eigenvalue weighted by Gasteiger charge is -2.20. The number of hydrogen-bond donors (Lipinski definition) is 2. The fourth-order valence-electron chi connectivity index (χ4n) is 1.76. The third kappa shape index (κ3) is 15.1.